The van der Waals surface area contributed by atoms with Crippen LogP contribution in [-0.4, -0.2) is 35.9 Å². The molecule has 0 saturated heterocycles. The lowest BCUT2D eigenvalue weighted by Crippen LogP contribution is -2.26. The van der Waals surface area contributed by atoms with Crippen LogP contribution in [0, 0.1) is 5.82 Å². The maximum Gasteiger partial charge on any atom is 0.272 e. The summed E-state index contributed by atoms with van der Waals surface area (Å²) < 4.78 is 27.0. The maximum absolute atomic E-state index is 14.6. The number of benzene rings is 2. The van der Waals surface area contributed by atoms with Crippen molar-refractivity contribution in [3.05, 3.63) is 59.0 Å². The van der Waals surface area contributed by atoms with Crippen molar-refractivity contribution in [1.29, 1.82) is 0 Å². The van der Waals surface area contributed by atoms with E-state index in [1.807, 2.05) is 12.1 Å². The average molecular weight is 393 g/mol. The number of aromatic nitrogens is 2. The molecule has 1 heterocycles. The number of nitrogens with zero attached hydrogens (tertiary/aromatic N) is 2. The summed E-state index contributed by atoms with van der Waals surface area (Å²) in [6.45, 7) is 0. The largest absolute Gasteiger partial charge is 0.493 e. The minimum Gasteiger partial charge on any atom is -0.493 e. The number of halogens is 1. The van der Waals surface area contributed by atoms with E-state index in [0.717, 1.165) is 29.5 Å². The van der Waals surface area contributed by atoms with E-state index in [-0.39, 0.29) is 11.9 Å². The molecule has 2 aromatic carbocycles. The first kappa shape index (κ1) is 17.7. The van der Waals surface area contributed by atoms with Crippen LogP contribution in [-0.2, 0) is 6.42 Å². The zero-order valence-corrected chi connectivity index (χ0v) is 16.2. The van der Waals surface area contributed by atoms with Gasteiger partial charge in [0.25, 0.3) is 5.91 Å². The summed E-state index contributed by atoms with van der Waals surface area (Å²) >= 11 is 0. The standard InChI is InChI=1S/C22H20FN3O3/c1-28-18-10-12-9-15-20(22(27)24-13-7-8-13)25-26(17-6-4-3-5-16(17)23)21(15)14(12)11-19(18)29-2/h3-6,10-11,13H,7-9H2,1-2H3,(H,24,27). The van der Waals surface area contributed by atoms with Crippen LogP contribution in [0.2, 0.25) is 0 Å². The lowest BCUT2D eigenvalue weighted by molar-refractivity contribution is 0.0945. The molecule has 1 N–H and O–H groups in total. The molecule has 0 atom stereocenters. The fraction of sp³-hybridized carbons (Fsp3) is 0.273. The van der Waals surface area contributed by atoms with E-state index in [1.165, 1.54) is 10.7 Å². The number of methoxy groups -OCH3 is 2. The second-order valence-corrected chi connectivity index (χ2v) is 7.33. The van der Waals surface area contributed by atoms with Gasteiger partial charge >= 0.3 is 0 Å². The predicted molar refractivity (Wildman–Crippen MR) is 105 cm³/mol. The first-order chi connectivity index (χ1) is 14.1. The molecule has 0 radical (unpaired) electrons. The molecule has 1 aromatic heterocycles. The molecule has 2 aliphatic rings. The lowest BCUT2D eigenvalue weighted by Gasteiger charge is -2.12. The second kappa shape index (κ2) is 6.62. The van der Waals surface area contributed by atoms with Crippen LogP contribution in [0.5, 0.6) is 11.5 Å². The number of nitrogens with one attached hydrogen (secondary N) is 1. The monoisotopic (exact) mass is 393 g/mol. The third-order valence-corrected chi connectivity index (χ3v) is 5.42. The van der Waals surface area contributed by atoms with Gasteiger partial charge in [-0.2, -0.15) is 5.10 Å². The summed E-state index contributed by atoms with van der Waals surface area (Å²) in [4.78, 5) is 12.9. The molecule has 2 aliphatic carbocycles. The summed E-state index contributed by atoms with van der Waals surface area (Å²) in [5.74, 6) is 0.571. The van der Waals surface area contributed by atoms with Gasteiger partial charge in [-0.3, -0.25) is 4.79 Å². The molecule has 1 amide bonds. The van der Waals surface area contributed by atoms with Gasteiger partial charge in [-0.15, -0.1) is 0 Å². The molecule has 148 valence electrons. The van der Waals surface area contributed by atoms with Crippen LogP contribution in [0.15, 0.2) is 36.4 Å². The molecule has 0 aliphatic heterocycles. The fourth-order valence-electron chi connectivity index (χ4n) is 3.83. The van der Waals surface area contributed by atoms with Crippen LogP contribution >= 0.6 is 0 Å². The molecule has 7 heteroatoms. The van der Waals surface area contributed by atoms with Crippen molar-refractivity contribution in [3.63, 3.8) is 0 Å². The highest BCUT2D eigenvalue weighted by Crippen LogP contribution is 2.45. The van der Waals surface area contributed by atoms with Crippen LogP contribution in [0.3, 0.4) is 0 Å². The molecule has 3 aromatic rings. The van der Waals surface area contributed by atoms with Gasteiger partial charge in [-0.1, -0.05) is 12.1 Å². The smallest absolute Gasteiger partial charge is 0.272 e. The SMILES string of the molecule is COc1cc2c(cc1OC)-c1c(c(C(=O)NC3CC3)nn1-c1ccccc1F)C2. The minimum atomic E-state index is -0.402. The fourth-order valence-corrected chi connectivity index (χ4v) is 3.83. The van der Waals surface area contributed by atoms with E-state index in [0.29, 0.717) is 35.0 Å². The van der Waals surface area contributed by atoms with Crippen molar-refractivity contribution in [3.8, 4) is 28.4 Å². The average Bonchev–Trinajstić information content (AvgIpc) is 3.35. The van der Waals surface area contributed by atoms with Crippen LogP contribution in [0.4, 0.5) is 4.39 Å². The molecule has 5 rings (SSSR count). The third kappa shape index (κ3) is 2.85. The van der Waals surface area contributed by atoms with Crippen molar-refractivity contribution < 1.29 is 18.7 Å². The summed E-state index contributed by atoms with van der Waals surface area (Å²) in [6.07, 6.45) is 2.49. The quantitative estimate of drug-likeness (QED) is 0.564. The van der Waals surface area contributed by atoms with Crippen LogP contribution in [0.1, 0.15) is 34.5 Å². The zero-order chi connectivity index (χ0) is 20.1. The zero-order valence-electron chi connectivity index (χ0n) is 16.2. The van der Waals surface area contributed by atoms with E-state index >= 15 is 0 Å². The normalized spacial score (nSPS) is 14.3. The molecule has 0 unspecified atom stereocenters. The van der Waals surface area contributed by atoms with Gasteiger partial charge in [0.2, 0.25) is 0 Å². The third-order valence-electron chi connectivity index (χ3n) is 5.42. The Morgan fingerprint density at radius 3 is 2.59 bits per heavy atom. The molecule has 0 bridgehead atoms. The van der Waals surface area contributed by atoms with Gasteiger partial charge < -0.3 is 14.8 Å². The van der Waals surface area contributed by atoms with E-state index in [1.54, 1.807) is 32.4 Å². The van der Waals surface area contributed by atoms with Crippen molar-refractivity contribution in [1.82, 2.24) is 15.1 Å². The molecule has 6 nitrogen and oxygen atoms in total. The highest BCUT2D eigenvalue weighted by Gasteiger charge is 2.34. The number of amides is 1. The second-order valence-electron chi connectivity index (χ2n) is 7.33. The first-order valence-electron chi connectivity index (χ1n) is 9.53. The van der Waals surface area contributed by atoms with E-state index in [2.05, 4.69) is 10.4 Å². The van der Waals surface area contributed by atoms with E-state index in [9.17, 15) is 9.18 Å². The van der Waals surface area contributed by atoms with Crippen molar-refractivity contribution in [2.24, 2.45) is 0 Å². The Labute approximate surface area is 167 Å². The topological polar surface area (TPSA) is 65.4 Å². The minimum absolute atomic E-state index is 0.209. The Morgan fingerprint density at radius 2 is 1.90 bits per heavy atom. The summed E-state index contributed by atoms with van der Waals surface area (Å²) in [5.41, 5.74) is 3.99. The van der Waals surface area contributed by atoms with E-state index < -0.39 is 5.82 Å². The number of hydrogen-bond acceptors (Lipinski definition) is 4. The number of carbonyl (C=O) groups is 1. The molecular weight excluding hydrogens is 373 g/mol. The van der Waals surface area contributed by atoms with Gasteiger partial charge in [0, 0.05) is 23.6 Å². The van der Waals surface area contributed by atoms with E-state index in [4.69, 9.17) is 9.47 Å². The Bertz CT molecular complexity index is 1130. The Kier molecular flexibility index (Phi) is 4.04. The number of hydrogen-bond donors (Lipinski definition) is 1. The van der Waals surface area contributed by atoms with Gasteiger partial charge in [-0.25, -0.2) is 9.07 Å². The summed E-state index contributed by atoms with van der Waals surface area (Å²) in [6, 6.07) is 10.4. The molecule has 1 saturated carbocycles. The lowest BCUT2D eigenvalue weighted by atomic mass is 10.1. The first-order valence-corrected chi connectivity index (χ1v) is 9.53. The number of fused-ring (bicyclic) bond motifs is 3. The highest BCUT2D eigenvalue weighted by molar-refractivity contribution is 5.97. The van der Waals surface area contributed by atoms with Gasteiger partial charge in [0.15, 0.2) is 17.2 Å². The van der Waals surface area contributed by atoms with Crippen molar-refractivity contribution in [2.45, 2.75) is 25.3 Å². The summed E-state index contributed by atoms with van der Waals surface area (Å²) in [7, 11) is 3.16. The van der Waals surface area contributed by atoms with Crippen LogP contribution in [0.25, 0.3) is 16.9 Å². The highest BCUT2D eigenvalue weighted by atomic mass is 19.1. The number of ether oxygens (including phenoxy) is 2. The molecular formula is C22H20FN3O3. The molecule has 1 fully saturated rings. The molecule has 0 spiro atoms. The Hall–Kier alpha value is -3.35. The number of para-hydroxylation sites is 1. The maximum atomic E-state index is 14.6. The molecule has 29 heavy (non-hydrogen) atoms. The van der Waals surface area contributed by atoms with Gasteiger partial charge in [0.1, 0.15) is 11.5 Å². The number of carbonyl (C=O) groups excluding carboxylic acids is 1. The van der Waals surface area contributed by atoms with Crippen LogP contribution < -0.4 is 14.8 Å². The Balaban J connectivity index is 1.72. The van der Waals surface area contributed by atoms with Crippen molar-refractivity contribution in [2.75, 3.05) is 14.2 Å². The van der Waals surface area contributed by atoms with Gasteiger partial charge in [0.05, 0.1) is 19.9 Å². The summed E-state index contributed by atoms with van der Waals surface area (Å²) in [5, 5.41) is 7.53. The van der Waals surface area contributed by atoms with Gasteiger partial charge in [-0.05, 0) is 42.7 Å². The van der Waals surface area contributed by atoms with Crippen molar-refractivity contribution >= 4 is 5.91 Å². The predicted octanol–water partition coefficient (Wildman–Crippen LogP) is 3.49. The number of rotatable bonds is 5. The Morgan fingerprint density at radius 1 is 1.17 bits per heavy atom.